The van der Waals surface area contributed by atoms with Crippen molar-refractivity contribution >= 4 is 22.8 Å². The van der Waals surface area contributed by atoms with Gasteiger partial charge >= 0.3 is 0 Å². The number of carbonyl (C=O) groups is 1. The summed E-state index contributed by atoms with van der Waals surface area (Å²) < 4.78 is 0. The molecule has 2 aromatic rings. The van der Waals surface area contributed by atoms with Crippen molar-refractivity contribution in [3.63, 3.8) is 0 Å². The van der Waals surface area contributed by atoms with Gasteiger partial charge in [0, 0.05) is 6.54 Å². The van der Waals surface area contributed by atoms with Crippen LogP contribution in [0, 0.1) is 0 Å². The van der Waals surface area contributed by atoms with Gasteiger partial charge in [0.2, 0.25) is 0 Å². The van der Waals surface area contributed by atoms with E-state index in [0.717, 1.165) is 5.52 Å². The van der Waals surface area contributed by atoms with Crippen LogP contribution < -0.4 is 5.73 Å². The molecule has 0 saturated carbocycles. The van der Waals surface area contributed by atoms with Gasteiger partial charge in [0.15, 0.2) is 5.84 Å². The molecule has 1 heterocycles. The van der Waals surface area contributed by atoms with Gasteiger partial charge in [-0.2, -0.15) is 0 Å². The molecule has 0 atom stereocenters. The predicted octanol–water partition coefficient (Wildman–Crippen LogP) is 0.838. The highest BCUT2D eigenvalue weighted by molar-refractivity contribution is 5.96. The van der Waals surface area contributed by atoms with E-state index in [9.17, 15) is 4.79 Å². The Balaban J connectivity index is 2.29. The summed E-state index contributed by atoms with van der Waals surface area (Å²) in [6.07, 6.45) is 1.43. The Morgan fingerprint density at radius 2 is 2.10 bits per heavy atom. The van der Waals surface area contributed by atoms with Crippen LogP contribution >= 0.6 is 0 Å². The summed E-state index contributed by atoms with van der Waals surface area (Å²) in [5.74, 6) is -0.341. The highest BCUT2D eigenvalue weighted by atomic mass is 16.4. The fourth-order valence-corrected chi connectivity index (χ4v) is 1.78. The van der Waals surface area contributed by atoms with Crippen LogP contribution in [0.2, 0.25) is 0 Å². The van der Waals surface area contributed by atoms with Crippen LogP contribution in [0.15, 0.2) is 35.6 Å². The molecule has 0 bridgehead atoms. The van der Waals surface area contributed by atoms with Gasteiger partial charge < -0.3 is 15.8 Å². The number of hydrogen-bond acceptors (Lipinski definition) is 5. The number of oxime groups is 1. The Labute approximate surface area is 115 Å². The topological polar surface area (TPSA) is 105 Å². The van der Waals surface area contributed by atoms with Crippen molar-refractivity contribution in [2.24, 2.45) is 10.9 Å². The average molecular weight is 273 g/mol. The summed E-state index contributed by atoms with van der Waals surface area (Å²) in [5, 5.41) is 11.4. The minimum atomic E-state index is -0.308. The Kier molecular flexibility index (Phi) is 4.09. The van der Waals surface area contributed by atoms with Crippen molar-refractivity contribution in [3.05, 3.63) is 36.2 Å². The predicted molar refractivity (Wildman–Crippen MR) is 74.5 cm³/mol. The number of hydrogen-bond donors (Lipinski definition) is 2. The molecule has 7 nitrogen and oxygen atoms in total. The maximum atomic E-state index is 12.3. The number of aromatic nitrogens is 2. The molecule has 20 heavy (non-hydrogen) atoms. The lowest BCUT2D eigenvalue weighted by Gasteiger charge is -2.19. The highest BCUT2D eigenvalue weighted by Gasteiger charge is 2.17. The number of nitrogens with zero attached hydrogens (tertiary/aromatic N) is 4. The lowest BCUT2D eigenvalue weighted by molar-refractivity contribution is 0.0780. The van der Waals surface area contributed by atoms with E-state index < -0.39 is 0 Å². The number of rotatable bonds is 4. The zero-order valence-corrected chi connectivity index (χ0v) is 11.0. The maximum Gasteiger partial charge on any atom is 0.274 e. The summed E-state index contributed by atoms with van der Waals surface area (Å²) >= 11 is 0. The number of fused-ring (bicyclic) bond motifs is 1. The molecule has 0 fully saturated rings. The molecule has 104 valence electrons. The molecular formula is C13H15N5O2. The number of benzene rings is 1. The number of likely N-dealkylation sites (N-methyl/N-ethyl adjacent to an activating group) is 1. The van der Waals surface area contributed by atoms with Gasteiger partial charge in [0.1, 0.15) is 5.69 Å². The fraction of sp³-hybridized carbons (Fsp3) is 0.231. The Morgan fingerprint density at radius 1 is 1.40 bits per heavy atom. The van der Waals surface area contributed by atoms with Crippen molar-refractivity contribution in [1.82, 2.24) is 14.9 Å². The van der Waals surface area contributed by atoms with Crippen molar-refractivity contribution in [1.29, 1.82) is 0 Å². The molecule has 0 aliphatic rings. The number of para-hydroxylation sites is 2. The number of carbonyl (C=O) groups excluding carboxylic acids is 1. The first kappa shape index (κ1) is 13.7. The van der Waals surface area contributed by atoms with Crippen molar-refractivity contribution < 1.29 is 10.0 Å². The van der Waals surface area contributed by atoms with E-state index in [2.05, 4.69) is 15.1 Å². The third-order valence-corrected chi connectivity index (χ3v) is 2.82. The van der Waals surface area contributed by atoms with Crippen LogP contribution in [0.1, 0.15) is 17.4 Å². The second-order valence-corrected chi connectivity index (χ2v) is 4.15. The molecule has 0 aliphatic carbocycles. The highest BCUT2D eigenvalue weighted by Crippen LogP contribution is 2.10. The van der Waals surface area contributed by atoms with Gasteiger partial charge in [-0.1, -0.05) is 17.3 Å². The van der Waals surface area contributed by atoms with E-state index in [1.807, 2.05) is 18.2 Å². The van der Waals surface area contributed by atoms with E-state index in [1.54, 1.807) is 13.0 Å². The first-order chi connectivity index (χ1) is 9.65. The van der Waals surface area contributed by atoms with Crippen LogP contribution in [-0.4, -0.2) is 44.9 Å². The Bertz CT molecular complexity index is 656. The zero-order valence-electron chi connectivity index (χ0n) is 11.0. The summed E-state index contributed by atoms with van der Waals surface area (Å²) in [6.45, 7) is 2.26. The standard InChI is InChI=1S/C13H15N5O2/c1-2-18(8-12(14)17-20)13(19)11-7-15-9-5-3-4-6-10(9)16-11/h3-7,20H,2,8H2,1H3,(H2,14,17). The average Bonchev–Trinajstić information content (AvgIpc) is 2.51. The smallest absolute Gasteiger partial charge is 0.274 e. The van der Waals surface area contributed by atoms with E-state index in [1.165, 1.54) is 11.1 Å². The minimum Gasteiger partial charge on any atom is -0.409 e. The molecule has 3 N–H and O–H groups in total. The summed E-state index contributed by atoms with van der Waals surface area (Å²) in [6, 6.07) is 7.30. The normalized spacial score (nSPS) is 11.6. The largest absolute Gasteiger partial charge is 0.409 e. The van der Waals surface area contributed by atoms with Crippen LogP contribution in [0.25, 0.3) is 11.0 Å². The zero-order chi connectivity index (χ0) is 14.5. The summed E-state index contributed by atoms with van der Waals surface area (Å²) in [7, 11) is 0. The molecule has 2 rings (SSSR count). The molecule has 1 aromatic heterocycles. The quantitative estimate of drug-likeness (QED) is 0.371. The molecule has 0 saturated heterocycles. The van der Waals surface area contributed by atoms with Crippen molar-refractivity contribution in [2.45, 2.75) is 6.92 Å². The fourth-order valence-electron chi connectivity index (χ4n) is 1.78. The minimum absolute atomic E-state index is 0.0334. The summed E-state index contributed by atoms with van der Waals surface area (Å²) in [4.78, 5) is 22.2. The number of nitrogens with two attached hydrogens (primary N) is 1. The van der Waals surface area contributed by atoms with E-state index in [-0.39, 0.29) is 24.0 Å². The number of amidine groups is 1. The Hall–Kier alpha value is -2.70. The Morgan fingerprint density at radius 3 is 2.75 bits per heavy atom. The van der Waals surface area contributed by atoms with E-state index >= 15 is 0 Å². The van der Waals surface area contributed by atoms with E-state index in [0.29, 0.717) is 12.1 Å². The van der Waals surface area contributed by atoms with Crippen LogP contribution in [0.4, 0.5) is 0 Å². The third kappa shape index (κ3) is 2.82. The van der Waals surface area contributed by atoms with Crippen molar-refractivity contribution in [3.8, 4) is 0 Å². The molecule has 7 heteroatoms. The van der Waals surface area contributed by atoms with Gasteiger partial charge in [0.25, 0.3) is 5.91 Å². The van der Waals surface area contributed by atoms with Crippen LogP contribution in [-0.2, 0) is 0 Å². The van der Waals surface area contributed by atoms with Gasteiger partial charge in [0.05, 0.1) is 23.8 Å². The molecular weight excluding hydrogens is 258 g/mol. The molecule has 0 aliphatic heterocycles. The summed E-state index contributed by atoms with van der Waals surface area (Å²) in [5.41, 5.74) is 7.04. The van der Waals surface area contributed by atoms with Gasteiger partial charge in [-0.05, 0) is 19.1 Å². The molecule has 1 amide bonds. The molecule has 1 aromatic carbocycles. The van der Waals surface area contributed by atoms with Gasteiger partial charge in [-0.15, -0.1) is 0 Å². The van der Waals surface area contributed by atoms with Crippen LogP contribution in [0.3, 0.4) is 0 Å². The lowest BCUT2D eigenvalue weighted by atomic mass is 10.3. The van der Waals surface area contributed by atoms with Crippen molar-refractivity contribution in [2.75, 3.05) is 13.1 Å². The second-order valence-electron chi connectivity index (χ2n) is 4.15. The van der Waals surface area contributed by atoms with Crippen LogP contribution in [0.5, 0.6) is 0 Å². The van der Waals surface area contributed by atoms with Gasteiger partial charge in [-0.25, -0.2) is 4.98 Å². The van der Waals surface area contributed by atoms with E-state index in [4.69, 9.17) is 10.9 Å². The third-order valence-electron chi connectivity index (χ3n) is 2.82. The lowest BCUT2D eigenvalue weighted by Crippen LogP contribution is -2.38. The number of amides is 1. The molecule has 0 radical (unpaired) electrons. The monoisotopic (exact) mass is 273 g/mol. The first-order valence-corrected chi connectivity index (χ1v) is 6.13. The molecule has 0 unspecified atom stereocenters. The second kappa shape index (κ2) is 5.96. The molecule has 0 spiro atoms. The van der Waals surface area contributed by atoms with Gasteiger partial charge in [-0.3, -0.25) is 9.78 Å². The maximum absolute atomic E-state index is 12.3. The SMILES string of the molecule is CCN(C/C(N)=N/O)C(=O)c1cnc2ccccc2n1. The first-order valence-electron chi connectivity index (χ1n) is 6.13.